The number of allylic oxidation sites excluding steroid dienone is 2. The number of rotatable bonds is 3. The number of carbonyl (C=O) groups is 1. The van der Waals surface area contributed by atoms with Crippen LogP contribution in [0.5, 0.6) is 0 Å². The Morgan fingerprint density at radius 3 is 2.65 bits per heavy atom. The van der Waals surface area contributed by atoms with Crippen LogP contribution in [0, 0.1) is 17.8 Å². The number of hydrogen-bond donors (Lipinski definition) is 0. The van der Waals surface area contributed by atoms with Gasteiger partial charge < -0.3 is 4.74 Å². The third-order valence-corrected chi connectivity index (χ3v) is 3.81. The van der Waals surface area contributed by atoms with E-state index in [2.05, 4.69) is 12.2 Å². The number of carbonyl (C=O) groups excluding carboxylic acids is 1. The number of hydrogen-bond acceptors (Lipinski definition) is 2. The minimum atomic E-state index is -0.0225. The van der Waals surface area contributed by atoms with E-state index in [0.717, 1.165) is 18.4 Å². The van der Waals surface area contributed by atoms with Crippen molar-refractivity contribution in [2.75, 3.05) is 0 Å². The Labute approximate surface area is 101 Å². The number of benzene rings is 1. The van der Waals surface area contributed by atoms with Crippen molar-refractivity contribution in [2.45, 2.75) is 19.4 Å². The summed E-state index contributed by atoms with van der Waals surface area (Å²) in [6, 6.07) is 9.85. The molecule has 0 radical (unpaired) electrons. The first-order chi connectivity index (χ1) is 8.33. The largest absolute Gasteiger partial charge is 0.461 e. The molecule has 0 spiro atoms. The summed E-state index contributed by atoms with van der Waals surface area (Å²) in [5.74, 6) is 1.14. The van der Waals surface area contributed by atoms with E-state index >= 15 is 0 Å². The normalized spacial score (nSPS) is 29.5. The molecule has 2 heteroatoms. The summed E-state index contributed by atoms with van der Waals surface area (Å²) in [6.45, 7) is 0.400. The average molecular weight is 228 g/mol. The van der Waals surface area contributed by atoms with Gasteiger partial charge in [-0.2, -0.15) is 0 Å². The smallest absolute Gasteiger partial charge is 0.309 e. The Balaban J connectivity index is 1.56. The molecule has 2 nitrogen and oxygen atoms in total. The number of esters is 1. The number of ether oxygens (including phenoxy) is 1. The van der Waals surface area contributed by atoms with Gasteiger partial charge in [0, 0.05) is 0 Å². The zero-order valence-corrected chi connectivity index (χ0v) is 9.71. The van der Waals surface area contributed by atoms with E-state index in [9.17, 15) is 4.79 Å². The molecule has 1 fully saturated rings. The van der Waals surface area contributed by atoms with Gasteiger partial charge in [-0.05, 0) is 30.2 Å². The molecule has 17 heavy (non-hydrogen) atoms. The van der Waals surface area contributed by atoms with Crippen LogP contribution in [-0.2, 0) is 16.1 Å². The Bertz CT molecular complexity index is 435. The zero-order chi connectivity index (χ0) is 11.7. The molecule has 1 aromatic rings. The van der Waals surface area contributed by atoms with Gasteiger partial charge in [0.15, 0.2) is 0 Å². The van der Waals surface area contributed by atoms with Gasteiger partial charge in [0.25, 0.3) is 0 Å². The molecule has 0 saturated heterocycles. The maximum atomic E-state index is 12.0. The Hall–Kier alpha value is -1.57. The summed E-state index contributed by atoms with van der Waals surface area (Å²) in [5, 5.41) is 0. The summed E-state index contributed by atoms with van der Waals surface area (Å²) in [7, 11) is 0. The van der Waals surface area contributed by atoms with E-state index in [-0.39, 0.29) is 11.9 Å². The highest BCUT2D eigenvalue weighted by atomic mass is 16.5. The number of fused-ring (bicyclic) bond motifs is 2. The molecule has 0 aliphatic heterocycles. The van der Waals surface area contributed by atoms with Crippen LogP contribution in [0.25, 0.3) is 0 Å². The first-order valence-corrected chi connectivity index (χ1v) is 6.22. The molecule has 0 N–H and O–H groups in total. The highest BCUT2D eigenvalue weighted by Crippen LogP contribution is 2.43. The lowest BCUT2D eigenvalue weighted by Crippen LogP contribution is -2.21. The minimum absolute atomic E-state index is 0.0225. The van der Waals surface area contributed by atoms with Crippen LogP contribution in [0.2, 0.25) is 0 Å². The lowest BCUT2D eigenvalue weighted by molar-refractivity contribution is -0.150. The third-order valence-electron chi connectivity index (χ3n) is 3.81. The maximum absolute atomic E-state index is 12.0. The molecule has 0 unspecified atom stereocenters. The quantitative estimate of drug-likeness (QED) is 0.587. The van der Waals surface area contributed by atoms with Gasteiger partial charge in [-0.1, -0.05) is 42.5 Å². The Morgan fingerprint density at radius 1 is 1.18 bits per heavy atom. The van der Waals surface area contributed by atoms with Crippen LogP contribution in [-0.4, -0.2) is 5.97 Å². The maximum Gasteiger partial charge on any atom is 0.309 e. The lowest BCUT2D eigenvalue weighted by atomic mass is 9.94. The minimum Gasteiger partial charge on any atom is -0.461 e. The second kappa shape index (κ2) is 4.36. The molecule has 1 saturated carbocycles. The van der Waals surface area contributed by atoms with Crippen molar-refractivity contribution in [3.05, 3.63) is 48.0 Å². The summed E-state index contributed by atoms with van der Waals surface area (Å²) in [6.07, 6.45) is 6.55. The molecule has 0 aromatic heterocycles. The van der Waals surface area contributed by atoms with Gasteiger partial charge in [0.05, 0.1) is 5.92 Å². The Morgan fingerprint density at radius 2 is 2.00 bits per heavy atom. The van der Waals surface area contributed by atoms with Gasteiger partial charge in [-0.3, -0.25) is 4.79 Å². The lowest BCUT2D eigenvalue weighted by Gasteiger charge is -2.16. The fraction of sp³-hybridized carbons (Fsp3) is 0.400. The predicted octanol–water partition coefficient (Wildman–Crippen LogP) is 2.94. The van der Waals surface area contributed by atoms with Crippen molar-refractivity contribution >= 4 is 5.97 Å². The van der Waals surface area contributed by atoms with Crippen molar-refractivity contribution in [2.24, 2.45) is 17.8 Å². The average Bonchev–Trinajstić information content (AvgIpc) is 2.99. The highest BCUT2D eigenvalue weighted by Gasteiger charge is 2.40. The molecular formula is C15H16O2. The van der Waals surface area contributed by atoms with Crippen LogP contribution in [0.3, 0.4) is 0 Å². The first kappa shape index (κ1) is 10.6. The van der Waals surface area contributed by atoms with E-state index in [0.29, 0.717) is 18.4 Å². The third kappa shape index (κ3) is 2.12. The highest BCUT2D eigenvalue weighted by molar-refractivity contribution is 5.74. The van der Waals surface area contributed by atoms with Gasteiger partial charge in [-0.25, -0.2) is 0 Å². The van der Waals surface area contributed by atoms with E-state index in [4.69, 9.17) is 4.74 Å². The molecule has 2 aliphatic rings. The van der Waals surface area contributed by atoms with Crippen molar-refractivity contribution in [1.82, 2.24) is 0 Å². The second-order valence-corrected chi connectivity index (χ2v) is 4.98. The van der Waals surface area contributed by atoms with Gasteiger partial charge >= 0.3 is 5.97 Å². The van der Waals surface area contributed by atoms with Crippen LogP contribution in [0.1, 0.15) is 18.4 Å². The van der Waals surface area contributed by atoms with Gasteiger partial charge in [0.2, 0.25) is 0 Å². The summed E-state index contributed by atoms with van der Waals surface area (Å²) >= 11 is 0. The monoisotopic (exact) mass is 228 g/mol. The Kier molecular flexibility index (Phi) is 2.71. The van der Waals surface area contributed by atoms with Crippen LogP contribution >= 0.6 is 0 Å². The van der Waals surface area contributed by atoms with Gasteiger partial charge in [-0.15, -0.1) is 0 Å². The van der Waals surface area contributed by atoms with E-state index < -0.39 is 0 Å². The van der Waals surface area contributed by atoms with E-state index in [1.54, 1.807) is 0 Å². The SMILES string of the molecule is O=C(OCc1ccccc1)[C@@H]1C[C@H]2C=C[C@@H]1C2. The second-order valence-electron chi connectivity index (χ2n) is 4.98. The zero-order valence-electron chi connectivity index (χ0n) is 9.71. The van der Waals surface area contributed by atoms with Crippen LogP contribution in [0.4, 0.5) is 0 Å². The molecule has 88 valence electrons. The van der Waals surface area contributed by atoms with Crippen molar-refractivity contribution < 1.29 is 9.53 Å². The van der Waals surface area contributed by atoms with Crippen LogP contribution in [0.15, 0.2) is 42.5 Å². The molecule has 2 bridgehead atoms. The molecule has 0 heterocycles. The molecule has 3 rings (SSSR count). The predicted molar refractivity (Wildman–Crippen MR) is 65.1 cm³/mol. The van der Waals surface area contributed by atoms with E-state index in [1.165, 1.54) is 0 Å². The molecule has 0 amide bonds. The van der Waals surface area contributed by atoms with Crippen LogP contribution < -0.4 is 0 Å². The van der Waals surface area contributed by atoms with Crippen molar-refractivity contribution in [3.63, 3.8) is 0 Å². The first-order valence-electron chi connectivity index (χ1n) is 6.22. The fourth-order valence-electron chi connectivity index (χ4n) is 2.89. The molecule has 2 aliphatic carbocycles. The summed E-state index contributed by atoms with van der Waals surface area (Å²) in [5.41, 5.74) is 1.06. The summed E-state index contributed by atoms with van der Waals surface area (Å²) in [4.78, 5) is 12.0. The molecule has 1 aromatic carbocycles. The topological polar surface area (TPSA) is 26.3 Å². The molecule has 3 atom stereocenters. The summed E-state index contributed by atoms with van der Waals surface area (Å²) < 4.78 is 5.39. The fourth-order valence-corrected chi connectivity index (χ4v) is 2.89. The van der Waals surface area contributed by atoms with Crippen molar-refractivity contribution in [3.8, 4) is 0 Å². The van der Waals surface area contributed by atoms with Crippen molar-refractivity contribution in [1.29, 1.82) is 0 Å². The van der Waals surface area contributed by atoms with Gasteiger partial charge in [0.1, 0.15) is 6.61 Å². The standard InChI is InChI=1S/C15H16O2/c16-15(14-9-12-6-7-13(14)8-12)17-10-11-4-2-1-3-5-11/h1-7,12-14H,8-10H2/t12-,13+,14+/m0/s1. The van der Waals surface area contributed by atoms with E-state index in [1.807, 2.05) is 30.3 Å². The molecular weight excluding hydrogens is 212 g/mol.